The summed E-state index contributed by atoms with van der Waals surface area (Å²) in [5, 5.41) is 9.12. The van der Waals surface area contributed by atoms with Gasteiger partial charge in [-0.3, -0.25) is 9.78 Å². The number of methoxy groups -OCH3 is 1. The first-order chi connectivity index (χ1) is 7.04. The molecule has 1 aromatic heterocycles. The van der Waals surface area contributed by atoms with E-state index in [0.717, 1.165) is 0 Å². The van der Waals surface area contributed by atoms with E-state index in [4.69, 9.17) is 5.11 Å². The standard InChI is InChI=1S/C9H14N2O4/c1-6-5-11(4-3-7(12)15-2)9(14)10-8(6)13/h5,7,12H,3-4H2,1-2H3,(H,10,13,14)/t7-/m0/s1. The van der Waals surface area contributed by atoms with Crippen LogP contribution in [0, 0.1) is 6.92 Å². The van der Waals surface area contributed by atoms with Gasteiger partial charge in [0.15, 0.2) is 6.29 Å². The molecule has 6 nitrogen and oxygen atoms in total. The highest BCUT2D eigenvalue weighted by atomic mass is 16.6. The normalized spacial score (nSPS) is 12.7. The number of aliphatic hydroxyl groups is 1. The Morgan fingerprint density at radius 1 is 1.60 bits per heavy atom. The van der Waals surface area contributed by atoms with Crippen molar-refractivity contribution < 1.29 is 9.84 Å². The number of aromatic nitrogens is 2. The molecule has 0 aromatic carbocycles. The number of aromatic amines is 1. The minimum absolute atomic E-state index is 0.294. The summed E-state index contributed by atoms with van der Waals surface area (Å²) in [6.45, 7) is 1.91. The quantitative estimate of drug-likeness (QED) is 0.643. The van der Waals surface area contributed by atoms with Gasteiger partial charge in [0.1, 0.15) is 0 Å². The van der Waals surface area contributed by atoms with Crippen molar-refractivity contribution in [3.63, 3.8) is 0 Å². The maximum Gasteiger partial charge on any atom is 0.328 e. The average Bonchev–Trinajstić information content (AvgIpc) is 2.21. The predicted octanol–water partition coefficient (Wildman–Crippen LogP) is -0.800. The lowest BCUT2D eigenvalue weighted by molar-refractivity contribution is -0.0804. The molecule has 0 spiro atoms. The molecule has 2 N–H and O–H groups in total. The highest BCUT2D eigenvalue weighted by Crippen LogP contribution is 1.94. The zero-order chi connectivity index (χ0) is 11.4. The summed E-state index contributed by atoms with van der Waals surface area (Å²) < 4.78 is 5.97. The summed E-state index contributed by atoms with van der Waals surface area (Å²) in [6.07, 6.45) is 0.856. The van der Waals surface area contributed by atoms with Crippen LogP contribution in [0.2, 0.25) is 0 Å². The van der Waals surface area contributed by atoms with Crippen LogP contribution < -0.4 is 11.2 Å². The van der Waals surface area contributed by atoms with Crippen molar-refractivity contribution in [2.24, 2.45) is 0 Å². The summed E-state index contributed by atoms with van der Waals surface area (Å²) in [5.41, 5.74) is -0.404. The maximum absolute atomic E-state index is 11.3. The van der Waals surface area contributed by atoms with Gasteiger partial charge in [0.05, 0.1) is 0 Å². The lowest BCUT2D eigenvalue weighted by Crippen LogP contribution is -2.31. The molecule has 0 aliphatic heterocycles. The van der Waals surface area contributed by atoms with Gasteiger partial charge in [0, 0.05) is 31.8 Å². The molecule has 1 atom stereocenters. The fraction of sp³-hybridized carbons (Fsp3) is 0.556. The first-order valence-electron chi connectivity index (χ1n) is 4.56. The van der Waals surface area contributed by atoms with E-state index in [1.54, 1.807) is 6.92 Å². The number of rotatable bonds is 4. The van der Waals surface area contributed by atoms with Crippen molar-refractivity contribution in [2.75, 3.05) is 7.11 Å². The van der Waals surface area contributed by atoms with Crippen molar-refractivity contribution >= 4 is 0 Å². The van der Waals surface area contributed by atoms with Crippen LogP contribution in [0.5, 0.6) is 0 Å². The largest absolute Gasteiger partial charge is 0.368 e. The molecule has 0 fully saturated rings. The van der Waals surface area contributed by atoms with Gasteiger partial charge in [-0.1, -0.05) is 0 Å². The molecule has 1 aromatic rings. The molecule has 0 radical (unpaired) electrons. The average molecular weight is 214 g/mol. The Bertz CT molecular complexity index is 434. The van der Waals surface area contributed by atoms with Crippen LogP contribution >= 0.6 is 0 Å². The topological polar surface area (TPSA) is 84.3 Å². The van der Waals surface area contributed by atoms with Gasteiger partial charge in [0.2, 0.25) is 0 Å². The van der Waals surface area contributed by atoms with E-state index >= 15 is 0 Å². The third kappa shape index (κ3) is 3.03. The van der Waals surface area contributed by atoms with Crippen LogP contribution in [0.4, 0.5) is 0 Å². The van der Waals surface area contributed by atoms with Gasteiger partial charge in [-0.15, -0.1) is 0 Å². The zero-order valence-electron chi connectivity index (χ0n) is 8.69. The number of H-pyrrole nitrogens is 1. The van der Waals surface area contributed by atoms with Crippen LogP contribution in [0.15, 0.2) is 15.8 Å². The van der Waals surface area contributed by atoms with Crippen molar-refractivity contribution in [2.45, 2.75) is 26.2 Å². The third-order valence-electron chi connectivity index (χ3n) is 2.08. The van der Waals surface area contributed by atoms with Gasteiger partial charge in [-0.2, -0.15) is 0 Å². The number of nitrogens with zero attached hydrogens (tertiary/aromatic N) is 1. The van der Waals surface area contributed by atoms with Gasteiger partial charge >= 0.3 is 5.69 Å². The van der Waals surface area contributed by atoms with Crippen molar-refractivity contribution in [3.8, 4) is 0 Å². The molecule has 0 aliphatic carbocycles. The molecule has 0 saturated carbocycles. The molecule has 0 unspecified atom stereocenters. The monoisotopic (exact) mass is 214 g/mol. The van der Waals surface area contributed by atoms with E-state index in [9.17, 15) is 9.59 Å². The third-order valence-corrected chi connectivity index (χ3v) is 2.08. The minimum Gasteiger partial charge on any atom is -0.368 e. The number of ether oxygens (including phenoxy) is 1. The molecule has 6 heteroatoms. The summed E-state index contributed by atoms with van der Waals surface area (Å²) in [7, 11) is 1.38. The SMILES string of the molecule is CO[C@H](O)CCn1cc(C)c(=O)[nH]c1=O. The maximum atomic E-state index is 11.3. The molecule has 0 amide bonds. The van der Waals surface area contributed by atoms with Crippen LogP contribution in [-0.2, 0) is 11.3 Å². The van der Waals surface area contributed by atoms with E-state index in [0.29, 0.717) is 18.5 Å². The minimum atomic E-state index is -0.899. The number of aliphatic hydroxyl groups excluding tert-OH is 1. The first-order valence-corrected chi connectivity index (χ1v) is 4.56. The van der Waals surface area contributed by atoms with E-state index in [-0.39, 0.29) is 5.56 Å². The van der Waals surface area contributed by atoms with Gasteiger partial charge in [0.25, 0.3) is 5.56 Å². The van der Waals surface area contributed by atoms with Gasteiger partial charge < -0.3 is 14.4 Å². The summed E-state index contributed by atoms with van der Waals surface area (Å²) in [4.78, 5) is 24.5. The fourth-order valence-electron chi connectivity index (χ4n) is 1.15. The fourth-order valence-corrected chi connectivity index (χ4v) is 1.15. The van der Waals surface area contributed by atoms with Crippen molar-refractivity contribution in [1.82, 2.24) is 9.55 Å². The van der Waals surface area contributed by atoms with Gasteiger partial charge in [-0.05, 0) is 6.92 Å². The van der Waals surface area contributed by atoms with Crippen molar-refractivity contribution in [3.05, 3.63) is 32.6 Å². The number of hydrogen-bond acceptors (Lipinski definition) is 4. The molecule has 1 heterocycles. The Hall–Kier alpha value is -1.40. The molecule has 84 valence electrons. The Morgan fingerprint density at radius 3 is 2.87 bits per heavy atom. The molecular formula is C9H14N2O4. The second-order valence-corrected chi connectivity index (χ2v) is 3.24. The lowest BCUT2D eigenvalue weighted by atomic mass is 10.3. The lowest BCUT2D eigenvalue weighted by Gasteiger charge is -2.09. The predicted molar refractivity (Wildman–Crippen MR) is 53.7 cm³/mol. The highest BCUT2D eigenvalue weighted by molar-refractivity contribution is 5.00. The number of aryl methyl sites for hydroxylation is 2. The van der Waals surface area contributed by atoms with Crippen LogP contribution in [0.3, 0.4) is 0 Å². The molecule has 1 rings (SSSR count). The van der Waals surface area contributed by atoms with E-state index in [1.807, 2.05) is 0 Å². The van der Waals surface area contributed by atoms with Crippen LogP contribution in [0.25, 0.3) is 0 Å². The van der Waals surface area contributed by atoms with Crippen LogP contribution in [-0.4, -0.2) is 28.1 Å². The first kappa shape index (κ1) is 11.7. The second kappa shape index (κ2) is 4.90. The highest BCUT2D eigenvalue weighted by Gasteiger charge is 2.04. The van der Waals surface area contributed by atoms with E-state index < -0.39 is 12.0 Å². The zero-order valence-corrected chi connectivity index (χ0v) is 8.69. The molecule has 0 bridgehead atoms. The summed E-state index contributed by atoms with van der Waals surface area (Å²) in [6, 6.07) is 0. The van der Waals surface area contributed by atoms with Crippen LogP contribution in [0.1, 0.15) is 12.0 Å². The Labute approximate surface area is 86.1 Å². The number of nitrogens with one attached hydrogen (secondary N) is 1. The Kier molecular flexibility index (Phi) is 3.81. The van der Waals surface area contributed by atoms with Crippen molar-refractivity contribution in [1.29, 1.82) is 0 Å². The van der Waals surface area contributed by atoms with E-state index in [2.05, 4.69) is 9.72 Å². The molecule has 0 saturated heterocycles. The Balaban J connectivity index is 2.82. The van der Waals surface area contributed by atoms with Gasteiger partial charge in [-0.25, -0.2) is 4.79 Å². The molecular weight excluding hydrogens is 200 g/mol. The van der Waals surface area contributed by atoms with E-state index in [1.165, 1.54) is 17.9 Å². The molecule has 15 heavy (non-hydrogen) atoms. The second-order valence-electron chi connectivity index (χ2n) is 3.24. The summed E-state index contributed by atoms with van der Waals surface area (Å²) in [5.74, 6) is 0. The Morgan fingerprint density at radius 2 is 2.27 bits per heavy atom. The molecule has 0 aliphatic rings. The smallest absolute Gasteiger partial charge is 0.328 e. The number of hydrogen-bond donors (Lipinski definition) is 2. The summed E-state index contributed by atoms with van der Waals surface area (Å²) >= 11 is 0.